The van der Waals surface area contributed by atoms with Crippen molar-refractivity contribution in [3.63, 3.8) is 0 Å². The lowest BCUT2D eigenvalue weighted by Crippen LogP contribution is -2.14. The fourth-order valence-corrected chi connectivity index (χ4v) is 5.27. The van der Waals surface area contributed by atoms with E-state index in [1.807, 2.05) is 27.7 Å². The average Bonchev–Trinajstić information content (AvgIpc) is 3.11. The lowest BCUT2D eigenvalue weighted by molar-refractivity contribution is 0.147. The number of nitrogens with zero attached hydrogens (tertiary/aromatic N) is 6. The number of rotatable bonds is 17. The first kappa shape index (κ1) is 44.5. The molecule has 0 fully saturated rings. The van der Waals surface area contributed by atoms with Gasteiger partial charge < -0.3 is 19.9 Å². The van der Waals surface area contributed by atoms with Crippen LogP contribution in [-0.4, -0.2) is 63.0 Å². The van der Waals surface area contributed by atoms with Crippen molar-refractivity contribution in [3.05, 3.63) is 78.2 Å². The summed E-state index contributed by atoms with van der Waals surface area (Å²) in [6.07, 6.45) is 2.38. The summed E-state index contributed by atoms with van der Waals surface area (Å²) in [6.45, 7) is 18.0. The Balaban J connectivity index is 0.00000246. The number of hydrogen-bond acceptors (Lipinski definition) is 13. The number of pyridine rings is 1. The maximum absolute atomic E-state index is 12.3. The number of azo groups is 2. The van der Waals surface area contributed by atoms with Crippen molar-refractivity contribution >= 4 is 66.4 Å². The summed E-state index contributed by atoms with van der Waals surface area (Å²) < 4.78 is 72.0. The van der Waals surface area contributed by atoms with Gasteiger partial charge in [0.15, 0.2) is 16.9 Å². The molecule has 276 valence electrons. The second kappa shape index (κ2) is 23.8. The molecule has 18 heteroatoms. The fourth-order valence-electron chi connectivity index (χ4n) is 3.79. The van der Waals surface area contributed by atoms with Gasteiger partial charge >= 0.3 is 0 Å². The van der Waals surface area contributed by atoms with Gasteiger partial charge in [-0.25, -0.2) is 9.19 Å². The second-order valence-corrected chi connectivity index (χ2v) is 13.5. The van der Waals surface area contributed by atoms with Gasteiger partial charge in [0, 0.05) is 48.4 Å². The number of anilines is 2. The minimum absolute atomic E-state index is 0.0652. The Kier molecular flexibility index (Phi) is 20.8. The van der Waals surface area contributed by atoms with E-state index in [-0.39, 0.29) is 51.5 Å². The molecule has 0 bridgehead atoms. The van der Waals surface area contributed by atoms with Crippen LogP contribution in [0.4, 0.5) is 34.4 Å². The van der Waals surface area contributed by atoms with Gasteiger partial charge in [-0.05, 0) is 75.1 Å². The van der Waals surface area contributed by atoms with E-state index >= 15 is 0 Å². The molecule has 2 atom stereocenters. The largest absolute Gasteiger partial charge is 0.382 e. The first-order valence-electron chi connectivity index (χ1n) is 15.6. The maximum atomic E-state index is 12.3. The standard InChI is InChI=1S/C28H32N8O7S3.C3H6.C2H6/c1-4-43-15-6-13-30-28-26(19(3)23(18-29)27(32-28)31-14-16-44(37)5-2)36-35-24-12-9-21(17-25(24)46(40,41)42)34-33-20-7-10-22(11-8-20)45(38)39;1-3-2;1-2/h5,7-12,17H,2,4,6,13-16H2,1,3H3,(H,38,39)(H2,30,31,32)(H,40,41,42);3H,1H2,2H3;1-2H3. The van der Waals surface area contributed by atoms with Crippen molar-refractivity contribution in [3.8, 4) is 6.07 Å². The zero-order valence-electron chi connectivity index (χ0n) is 29.2. The Morgan fingerprint density at radius 2 is 1.61 bits per heavy atom. The molecule has 1 heterocycles. The SMILES string of the molecule is C=CC.C=CS(=O)CCNc1nc(NCCCOCC)c(N=Nc2ccc(N=Nc3ccc(S(=O)O)cc3)cc2S(=O)(=O)O)c(C)c1C#N.CC. The summed E-state index contributed by atoms with van der Waals surface area (Å²) in [4.78, 5) is 4.10. The van der Waals surface area contributed by atoms with Crippen molar-refractivity contribution in [1.29, 1.82) is 5.26 Å². The zero-order valence-corrected chi connectivity index (χ0v) is 31.6. The molecule has 1 aromatic heterocycles. The highest BCUT2D eigenvalue weighted by atomic mass is 32.2. The van der Waals surface area contributed by atoms with Crippen molar-refractivity contribution in [2.45, 2.75) is 50.8 Å². The van der Waals surface area contributed by atoms with Crippen LogP contribution in [0.5, 0.6) is 0 Å². The number of aromatic nitrogens is 1. The molecule has 0 amide bonds. The van der Waals surface area contributed by atoms with E-state index in [9.17, 15) is 26.7 Å². The third-order valence-electron chi connectivity index (χ3n) is 6.07. The number of nitrogens with one attached hydrogen (secondary N) is 2. The molecule has 4 N–H and O–H groups in total. The predicted molar refractivity (Wildman–Crippen MR) is 202 cm³/mol. The fraction of sp³-hybridized carbons (Fsp3) is 0.333. The van der Waals surface area contributed by atoms with Crippen molar-refractivity contribution in [2.75, 3.05) is 42.7 Å². The van der Waals surface area contributed by atoms with Crippen LogP contribution in [0.25, 0.3) is 0 Å². The monoisotopic (exact) mass is 760 g/mol. The van der Waals surface area contributed by atoms with E-state index in [0.717, 1.165) is 6.07 Å². The quantitative estimate of drug-likeness (QED) is 0.0336. The third kappa shape index (κ3) is 15.1. The van der Waals surface area contributed by atoms with Crippen LogP contribution in [0, 0.1) is 18.3 Å². The molecule has 0 aliphatic rings. The molecule has 0 aliphatic carbocycles. The third-order valence-corrected chi connectivity index (χ3v) is 8.61. The van der Waals surface area contributed by atoms with Crippen LogP contribution < -0.4 is 10.6 Å². The van der Waals surface area contributed by atoms with Gasteiger partial charge in [0.1, 0.15) is 28.2 Å². The molecule has 0 radical (unpaired) electrons. The smallest absolute Gasteiger partial charge is 0.296 e. The molecule has 3 rings (SSSR count). The molecule has 15 nitrogen and oxygen atoms in total. The molecule has 0 saturated heterocycles. The molecule has 0 saturated carbocycles. The Morgan fingerprint density at radius 1 is 1.00 bits per heavy atom. The molecule has 0 aliphatic heterocycles. The Morgan fingerprint density at radius 3 is 2.18 bits per heavy atom. The Hall–Kier alpha value is -4.51. The maximum Gasteiger partial charge on any atom is 0.296 e. The highest BCUT2D eigenvalue weighted by molar-refractivity contribution is 7.88. The van der Waals surface area contributed by atoms with Crippen LogP contribution in [-0.2, 0) is 36.7 Å². The number of allylic oxidation sites excluding steroid dienone is 1. The van der Waals surface area contributed by atoms with Crippen molar-refractivity contribution < 1.29 is 30.7 Å². The highest BCUT2D eigenvalue weighted by Crippen LogP contribution is 2.37. The number of benzene rings is 2. The Bertz CT molecular complexity index is 1860. The van der Waals surface area contributed by atoms with Crippen LogP contribution in [0.2, 0.25) is 0 Å². The van der Waals surface area contributed by atoms with E-state index in [4.69, 9.17) is 9.29 Å². The zero-order chi connectivity index (χ0) is 38.4. The highest BCUT2D eigenvalue weighted by Gasteiger charge is 2.20. The topological polar surface area (TPSA) is 228 Å². The summed E-state index contributed by atoms with van der Waals surface area (Å²) in [7, 11) is -6.05. The molecule has 0 spiro atoms. The van der Waals surface area contributed by atoms with Crippen LogP contribution in [0.3, 0.4) is 0 Å². The molecule has 2 unspecified atom stereocenters. The minimum Gasteiger partial charge on any atom is -0.382 e. The van der Waals surface area contributed by atoms with Crippen LogP contribution in [0.1, 0.15) is 45.2 Å². The molecular weight excluding hydrogens is 717 g/mol. The van der Waals surface area contributed by atoms with Crippen molar-refractivity contribution in [1.82, 2.24) is 4.98 Å². The summed E-state index contributed by atoms with van der Waals surface area (Å²) in [6, 6.07) is 11.5. The molecule has 3 aromatic rings. The summed E-state index contributed by atoms with van der Waals surface area (Å²) >= 11 is -2.15. The lowest BCUT2D eigenvalue weighted by atomic mass is 10.1. The summed E-state index contributed by atoms with van der Waals surface area (Å²) in [5.41, 5.74) is 0.875. The van der Waals surface area contributed by atoms with Gasteiger partial charge in [-0.15, -0.1) is 16.8 Å². The van der Waals surface area contributed by atoms with Gasteiger partial charge in [-0.3, -0.25) is 8.76 Å². The first-order chi connectivity index (χ1) is 24.4. The Labute approximate surface area is 304 Å². The molecule has 51 heavy (non-hydrogen) atoms. The van der Waals surface area contributed by atoms with E-state index in [2.05, 4.69) is 55.3 Å². The van der Waals surface area contributed by atoms with Crippen LogP contribution >= 0.6 is 0 Å². The second-order valence-electron chi connectivity index (χ2n) is 9.60. The summed E-state index contributed by atoms with van der Waals surface area (Å²) in [5, 5.41) is 33.7. The number of hydrogen-bond donors (Lipinski definition) is 4. The van der Waals surface area contributed by atoms with E-state index in [1.54, 1.807) is 13.0 Å². The van der Waals surface area contributed by atoms with Gasteiger partial charge in [-0.1, -0.05) is 26.5 Å². The van der Waals surface area contributed by atoms with Gasteiger partial charge in [0.25, 0.3) is 10.1 Å². The molecular formula is C33H44N8O7S3. The first-order valence-corrected chi connectivity index (χ1v) is 19.6. The van der Waals surface area contributed by atoms with Gasteiger partial charge in [-0.2, -0.15) is 23.9 Å². The van der Waals surface area contributed by atoms with Gasteiger partial charge in [0.05, 0.1) is 21.8 Å². The number of nitriles is 1. The summed E-state index contributed by atoms with van der Waals surface area (Å²) in [5.74, 6) is 0.735. The lowest BCUT2D eigenvalue weighted by Gasteiger charge is -2.15. The van der Waals surface area contributed by atoms with E-state index < -0.39 is 36.9 Å². The average molecular weight is 761 g/mol. The van der Waals surface area contributed by atoms with E-state index in [1.165, 1.54) is 41.8 Å². The van der Waals surface area contributed by atoms with Gasteiger partial charge in [0.2, 0.25) is 0 Å². The van der Waals surface area contributed by atoms with E-state index in [0.29, 0.717) is 37.4 Å². The predicted octanol–water partition coefficient (Wildman–Crippen LogP) is 8.28. The van der Waals surface area contributed by atoms with Crippen LogP contribution in [0.15, 0.2) is 97.4 Å². The molecule has 2 aromatic carbocycles. The number of ether oxygens (including phenoxy) is 1. The minimum atomic E-state index is -4.80. The van der Waals surface area contributed by atoms with Crippen molar-refractivity contribution in [2.24, 2.45) is 20.5 Å². The normalized spacial score (nSPS) is 12.1.